The minimum atomic E-state index is 0.0791. The highest BCUT2D eigenvalue weighted by Crippen LogP contribution is 2.17. The fourth-order valence-electron chi connectivity index (χ4n) is 2.22. The molecule has 0 saturated carbocycles. The van der Waals surface area contributed by atoms with Crippen LogP contribution < -0.4 is 10.6 Å². The number of carbonyl (C=O) groups excluding carboxylic acids is 1. The Hall–Kier alpha value is -1.36. The first-order valence-corrected chi connectivity index (χ1v) is 5.99. The average Bonchev–Trinajstić information content (AvgIpc) is 2.84. The molecular weight excluding hydrogens is 218 g/mol. The lowest BCUT2D eigenvalue weighted by atomic mass is 9.97. The first kappa shape index (κ1) is 12.1. The summed E-state index contributed by atoms with van der Waals surface area (Å²) >= 11 is 0. The lowest BCUT2D eigenvalue weighted by Gasteiger charge is -2.13. The fraction of sp³-hybridized carbons (Fsp3) is 0.667. The molecule has 1 fully saturated rings. The molecule has 1 saturated heterocycles. The molecule has 94 valence electrons. The highest BCUT2D eigenvalue weighted by atomic mass is 16.5. The van der Waals surface area contributed by atoms with Crippen molar-refractivity contribution in [2.24, 2.45) is 11.8 Å². The monoisotopic (exact) mass is 237 g/mol. The highest BCUT2D eigenvalue weighted by molar-refractivity contribution is 5.79. The summed E-state index contributed by atoms with van der Waals surface area (Å²) in [6, 6.07) is 0. The SMILES string of the molecule is Cc1noc(C)c1CNC(=O)[C@@H]1CNC[C@H]1C. The number of carbonyl (C=O) groups is 1. The van der Waals surface area contributed by atoms with Crippen LogP contribution in [0.5, 0.6) is 0 Å². The summed E-state index contributed by atoms with van der Waals surface area (Å²) in [5.41, 5.74) is 1.83. The molecule has 0 aromatic carbocycles. The van der Waals surface area contributed by atoms with Crippen molar-refractivity contribution in [3.63, 3.8) is 0 Å². The molecule has 17 heavy (non-hydrogen) atoms. The van der Waals surface area contributed by atoms with Gasteiger partial charge >= 0.3 is 0 Å². The number of rotatable bonds is 3. The van der Waals surface area contributed by atoms with Gasteiger partial charge in [-0.05, 0) is 26.3 Å². The number of nitrogens with zero attached hydrogens (tertiary/aromatic N) is 1. The summed E-state index contributed by atoms with van der Waals surface area (Å²) in [5.74, 6) is 1.37. The maximum atomic E-state index is 12.0. The smallest absolute Gasteiger partial charge is 0.224 e. The standard InChI is InChI=1S/C12H19N3O2/c1-7-4-13-5-10(7)12(16)14-6-11-8(2)15-17-9(11)3/h7,10,13H,4-6H2,1-3H3,(H,14,16)/t7-,10-/m1/s1. The van der Waals surface area contributed by atoms with Gasteiger partial charge in [-0.1, -0.05) is 12.1 Å². The second kappa shape index (κ2) is 4.87. The molecule has 2 heterocycles. The molecule has 2 N–H and O–H groups in total. The van der Waals surface area contributed by atoms with Crippen LogP contribution in [0, 0.1) is 25.7 Å². The summed E-state index contributed by atoms with van der Waals surface area (Å²) in [4.78, 5) is 12.0. The van der Waals surface area contributed by atoms with E-state index in [4.69, 9.17) is 4.52 Å². The van der Waals surface area contributed by atoms with Gasteiger partial charge in [0.2, 0.25) is 5.91 Å². The van der Waals surface area contributed by atoms with E-state index in [1.54, 1.807) is 0 Å². The third-order valence-corrected chi connectivity index (χ3v) is 3.47. The zero-order valence-electron chi connectivity index (χ0n) is 10.5. The molecule has 1 aromatic heterocycles. The summed E-state index contributed by atoms with van der Waals surface area (Å²) < 4.78 is 5.06. The molecule has 5 nitrogen and oxygen atoms in total. The molecule has 1 aliphatic heterocycles. The molecule has 1 aromatic rings. The molecule has 0 unspecified atom stereocenters. The molecule has 0 radical (unpaired) electrons. The maximum Gasteiger partial charge on any atom is 0.224 e. The van der Waals surface area contributed by atoms with Crippen LogP contribution in [0.3, 0.4) is 0 Å². The van der Waals surface area contributed by atoms with Gasteiger partial charge in [0.05, 0.1) is 11.6 Å². The van der Waals surface area contributed by atoms with E-state index in [0.717, 1.165) is 30.1 Å². The van der Waals surface area contributed by atoms with E-state index in [-0.39, 0.29) is 11.8 Å². The molecular formula is C12H19N3O2. The van der Waals surface area contributed by atoms with Gasteiger partial charge < -0.3 is 15.2 Å². The predicted molar refractivity (Wildman–Crippen MR) is 63.3 cm³/mol. The average molecular weight is 237 g/mol. The zero-order valence-corrected chi connectivity index (χ0v) is 10.5. The van der Waals surface area contributed by atoms with E-state index in [9.17, 15) is 4.79 Å². The van der Waals surface area contributed by atoms with Crippen molar-refractivity contribution in [2.45, 2.75) is 27.3 Å². The van der Waals surface area contributed by atoms with Crippen molar-refractivity contribution < 1.29 is 9.32 Å². The normalized spacial score (nSPS) is 23.9. The van der Waals surface area contributed by atoms with Crippen molar-refractivity contribution in [3.05, 3.63) is 17.0 Å². The summed E-state index contributed by atoms with van der Waals surface area (Å²) in [6.07, 6.45) is 0. The van der Waals surface area contributed by atoms with Crippen LogP contribution in [0.1, 0.15) is 23.9 Å². The van der Waals surface area contributed by atoms with Gasteiger partial charge in [-0.15, -0.1) is 0 Å². The van der Waals surface area contributed by atoms with Gasteiger partial charge in [0.15, 0.2) is 0 Å². The number of hydrogen-bond donors (Lipinski definition) is 2. The maximum absolute atomic E-state index is 12.0. The molecule has 1 amide bonds. The molecule has 2 rings (SSSR count). The Kier molecular flexibility index (Phi) is 3.47. The number of aryl methyl sites for hydroxylation is 2. The third-order valence-electron chi connectivity index (χ3n) is 3.47. The zero-order chi connectivity index (χ0) is 12.4. The number of aromatic nitrogens is 1. The minimum absolute atomic E-state index is 0.0791. The van der Waals surface area contributed by atoms with E-state index in [0.29, 0.717) is 12.5 Å². The predicted octanol–water partition coefficient (Wildman–Crippen LogP) is 0.763. The fourth-order valence-corrected chi connectivity index (χ4v) is 2.22. The topological polar surface area (TPSA) is 67.2 Å². The number of nitrogens with one attached hydrogen (secondary N) is 2. The van der Waals surface area contributed by atoms with E-state index >= 15 is 0 Å². The quantitative estimate of drug-likeness (QED) is 0.814. The molecule has 5 heteroatoms. The van der Waals surface area contributed by atoms with Crippen molar-refractivity contribution in [1.29, 1.82) is 0 Å². The van der Waals surface area contributed by atoms with Crippen LogP contribution in [-0.2, 0) is 11.3 Å². The van der Waals surface area contributed by atoms with Crippen molar-refractivity contribution in [2.75, 3.05) is 13.1 Å². The van der Waals surface area contributed by atoms with Gasteiger partial charge in [-0.2, -0.15) is 0 Å². The van der Waals surface area contributed by atoms with Crippen LogP contribution in [-0.4, -0.2) is 24.2 Å². The molecule has 0 spiro atoms. The molecule has 0 bridgehead atoms. The van der Waals surface area contributed by atoms with Crippen LogP contribution in [0.15, 0.2) is 4.52 Å². The summed E-state index contributed by atoms with van der Waals surface area (Å²) in [5, 5.41) is 10.1. The Morgan fingerprint density at radius 1 is 1.53 bits per heavy atom. The van der Waals surface area contributed by atoms with E-state index in [1.807, 2.05) is 13.8 Å². The van der Waals surface area contributed by atoms with E-state index in [2.05, 4.69) is 22.7 Å². The Morgan fingerprint density at radius 3 is 2.82 bits per heavy atom. The van der Waals surface area contributed by atoms with Crippen LogP contribution in [0.2, 0.25) is 0 Å². The highest BCUT2D eigenvalue weighted by Gasteiger charge is 2.29. The first-order chi connectivity index (χ1) is 8.09. The van der Waals surface area contributed by atoms with Gasteiger partial charge in [0, 0.05) is 18.7 Å². The van der Waals surface area contributed by atoms with Crippen LogP contribution >= 0.6 is 0 Å². The molecule has 2 atom stereocenters. The second-order valence-corrected chi connectivity index (χ2v) is 4.76. The van der Waals surface area contributed by atoms with Gasteiger partial charge in [-0.25, -0.2) is 0 Å². The van der Waals surface area contributed by atoms with Crippen LogP contribution in [0.25, 0.3) is 0 Å². The number of amides is 1. The summed E-state index contributed by atoms with van der Waals surface area (Å²) in [7, 11) is 0. The van der Waals surface area contributed by atoms with Crippen molar-refractivity contribution in [3.8, 4) is 0 Å². The van der Waals surface area contributed by atoms with Crippen LogP contribution in [0.4, 0.5) is 0 Å². The first-order valence-electron chi connectivity index (χ1n) is 5.99. The summed E-state index contributed by atoms with van der Waals surface area (Å²) in [6.45, 7) is 8.04. The van der Waals surface area contributed by atoms with Crippen molar-refractivity contribution in [1.82, 2.24) is 15.8 Å². The van der Waals surface area contributed by atoms with E-state index < -0.39 is 0 Å². The van der Waals surface area contributed by atoms with Gasteiger partial charge in [-0.3, -0.25) is 4.79 Å². The van der Waals surface area contributed by atoms with E-state index in [1.165, 1.54) is 0 Å². The number of hydrogen-bond acceptors (Lipinski definition) is 4. The van der Waals surface area contributed by atoms with Crippen molar-refractivity contribution >= 4 is 5.91 Å². The van der Waals surface area contributed by atoms with Gasteiger partial charge in [0.25, 0.3) is 0 Å². The Morgan fingerprint density at radius 2 is 2.29 bits per heavy atom. The Labute approximate surface area is 101 Å². The minimum Gasteiger partial charge on any atom is -0.361 e. The lowest BCUT2D eigenvalue weighted by Crippen LogP contribution is -2.34. The largest absolute Gasteiger partial charge is 0.361 e. The Balaban J connectivity index is 1.92. The third kappa shape index (κ3) is 2.49. The van der Waals surface area contributed by atoms with Gasteiger partial charge in [0.1, 0.15) is 5.76 Å². The molecule has 1 aliphatic rings. The lowest BCUT2D eigenvalue weighted by molar-refractivity contribution is -0.125. The Bertz CT molecular complexity index is 394. The second-order valence-electron chi connectivity index (χ2n) is 4.76. The molecule has 0 aliphatic carbocycles.